The third-order valence-corrected chi connectivity index (χ3v) is 5.45. The van der Waals surface area contributed by atoms with Crippen LogP contribution in [0.15, 0.2) is 24.5 Å². The molecule has 1 atom stereocenters. The van der Waals surface area contributed by atoms with Crippen LogP contribution in [0.5, 0.6) is 0 Å². The van der Waals surface area contributed by atoms with Gasteiger partial charge in [-0.25, -0.2) is 4.79 Å². The van der Waals surface area contributed by atoms with Crippen molar-refractivity contribution in [2.75, 3.05) is 19.6 Å². The van der Waals surface area contributed by atoms with Crippen molar-refractivity contribution in [1.29, 1.82) is 0 Å². The SMILES string of the molecule is CC(C)CNC(=O)N1CC(C(=O)NCc2cccnc2)C2(CCC2)C1. The minimum atomic E-state index is -0.109. The van der Waals surface area contributed by atoms with E-state index in [1.54, 1.807) is 12.4 Å². The van der Waals surface area contributed by atoms with Gasteiger partial charge >= 0.3 is 6.03 Å². The number of hydrogen-bond donors (Lipinski definition) is 2. The van der Waals surface area contributed by atoms with Crippen LogP contribution >= 0.6 is 0 Å². The monoisotopic (exact) mass is 344 g/mol. The van der Waals surface area contributed by atoms with E-state index in [-0.39, 0.29) is 23.3 Å². The van der Waals surface area contributed by atoms with Crippen LogP contribution in [-0.4, -0.2) is 41.5 Å². The predicted octanol–water partition coefficient (Wildman–Crippen LogP) is 2.17. The molecule has 1 aliphatic heterocycles. The van der Waals surface area contributed by atoms with Crippen LogP contribution in [0.3, 0.4) is 0 Å². The highest BCUT2D eigenvalue weighted by Gasteiger charge is 2.54. The highest BCUT2D eigenvalue weighted by molar-refractivity contribution is 5.82. The highest BCUT2D eigenvalue weighted by Crippen LogP contribution is 2.51. The Kier molecular flexibility index (Phi) is 5.25. The molecule has 1 saturated heterocycles. The van der Waals surface area contributed by atoms with E-state index in [0.29, 0.717) is 32.1 Å². The molecule has 1 aromatic rings. The van der Waals surface area contributed by atoms with Crippen LogP contribution in [0.25, 0.3) is 0 Å². The zero-order valence-electron chi connectivity index (χ0n) is 15.1. The van der Waals surface area contributed by atoms with Gasteiger partial charge in [-0.15, -0.1) is 0 Å². The van der Waals surface area contributed by atoms with Crippen LogP contribution in [0, 0.1) is 17.3 Å². The summed E-state index contributed by atoms with van der Waals surface area (Å²) in [5.74, 6) is 0.369. The minimum Gasteiger partial charge on any atom is -0.352 e. The maximum Gasteiger partial charge on any atom is 0.317 e. The van der Waals surface area contributed by atoms with Crippen molar-refractivity contribution in [3.05, 3.63) is 30.1 Å². The molecule has 0 bridgehead atoms. The Morgan fingerprint density at radius 2 is 2.16 bits per heavy atom. The van der Waals surface area contributed by atoms with Gasteiger partial charge in [0.2, 0.25) is 5.91 Å². The summed E-state index contributed by atoms with van der Waals surface area (Å²) in [4.78, 5) is 31.1. The third-order valence-electron chi connectivity index (χ3n) is 5.45. The van der Waals surface area contributed by atoms with Gasteiger partial charge in [0, 0.05) is 44.0 Å². The Labute approximate surface area is 149 Å². The molecule has 2 fully saturated rings. The van der Waals surface area contributed by atoms with Gasteiger partial charge in [0.15, 0.2) is 0 Å². The minimum absolute atomic E-state index is 0.0197. The lowest BCUT2D eigenvalue weighted by Gasteiger charge is -2.41. The molecule has 25 heavy (non-hydrogen) atoms. The first-order chi connectivity index (χ1) is 12.0. The Balaban J connectivity index is 1.59. The lowest BCUT2D eigenvalue weighted by atomic mass is 9.62. The van der Waals surface area contributed by atoms with E-state index in [0.717, 1.165) is 24.8 Å². The Morgan fingerprint density at radius 3 is 2.76 bits per heavy atom. The van der Waals surface area contributed by atoms with Crippen LogP contribution < -0.4 is 10.6 Å². The number of hydrogen-bond acceptors (Lipinski definition) is 3. The first-order valence-corrected chi connectivity index (χ1v) is 9.19. The van der Waals surface area contributed by atoms with E-state index in [4.69, 9.17) is 0 Å². The fraction of sp³-hybridized carbons (Fsp3) is 0.632. The van der Waals surface area contributed by atoms with E-state index >= 15 is 0 Å². The Morgan fingerprint density at radius 1 is 1.36 bits per heavy atom. The number of urea groups is 1. The summed E-state index contributed by atoms with van der Waals surface area (Å²) in [6.07, 6.45) is 6.70. The molecule has 6 nitrogen and oxygen atoms in total. The van der Waals surface area contributed by atoms with Gasteiger partial charge < -0.3 is 15.5 Å². The van der Waals surface area contributed by atoms with Crippen LogP contribution in [0.1, 0.15) is 38.7 Å². The molecule has 2 aliphatic rings. The molecule has 0 radical (unpaired) electrons. The molecule has 2 N–H and O–H groups in total. The second kappa shape index (κ2) is 7.42. The molecular weight excluding hydrogens is 316 g/mol. The average Bonchev–Trinajstić information content (AvgIpc) is 3.00. The molecule has 1 spiro atoms. The smallest absolute Gasteiger partial charge is 0.317 e. The van der Waals surface area contributed by atoms with E-state index < -0.39 is 0 Å². The molecular formula is C19H28N4O2. The second-order valence-electron chi connectivity index (χ2n) is 7.81. The quantitative estimate of drug-likeness (QED) is 0.860. The van der Waals surface area contributed by atoms with Crippen molar-refractivity contribution in [3.8, 4) is 0 Å². The number of nitrogens with zero attached hydrogens (tertiary/aromatic N) is 2. The average molecular weight is 344 g/mol. The standard InChI is InChI=1S/C19H28N4O2/c1-14(2)9-22-18(25)23-12-16(19(13-23)6-4-7-19)17(24)21-11-15-5-3-8-20-10-15/h3,5,8,10,14,16H,4,6-7,9,11-13H2,1-2H3,(H,21,24)(H,22,25). The second-order valence-corrected chi connectivity index (χ2v) is 7.81. The molecule has 0 aromatic carbocycles. The Bertz CT molecular complexity index is 613. The van der Waals surface area contributed by atoms with Crippen LogP contribution in [-0.2, 0) is 11.3 Å². The number of nitrogens with one attached hydrogen (secondary N) is 2. The number of carbonyl (C=O) groups excluding carboxylic acids is 2. The van der Waals surface area contributed by atoms with Gasteiger partial charge in [-0.2, -0.15) is 0 Å². The fourth-order valence-corrected chi connectivity index (χ4v) is 3.84. The van der Waals surface area contributed by atoms with E-state index in [1.165, 1.54) is 0 Å². The zero-order valence-corrected chi connectivity index (χ0v) is 15.1. The molecule has 1 saturated carbocycles. The first-order valence-electron chi connectivity index (χ1n) is 9.19. The lowest BCUT2D eigenvalue weighted by molar-refractivity contribution is -0.129. The topological polar surface area (TPSA) is 74.3 Å². The summed E-state index contributed by atoms with van der Waals surface area (Å²) < 4.78 is 0. The maximum atomic E-state index is 12.8. The summed E-state index contributed by atoms with van der Waals surface area (Å²) in [7, 11) is 0. The molecule has 3 amide bonds. The van der Waals surface area contributed by atoms with E-state index in [1.807, 2.05) is 17.0 Å². The van der Waals surface area contributed by atoms with Crippen molar-refractivity contribution >= 4 is 11.9 Å². The van der Waals surface area contributed by atoms with Gasteiger partial charge in [-0.3, -0.25) is 9.78 Å². The molecule has 1 unspecified atom stereocenters. The largest absolute Gasteiger partial charge is 0.352 e. The predicted molar refractivity (Wildman–Crippen MR) is 95.7 cm³/mol. The van der Waals surface area contributed by atoms with Crippen LogP contribution in [0.4, 0.5) is 4.79 Å². The van der Waals surface area contributed by atoms with Gasteiger partial charge in [0.05, 0.1) is 5.92 Å². The third kappa shape index (κ3) is 3.94. The number of likely N-dealkylation sites (tertiary alicyclic amines) is 1. The first kappa shape index (κ1) is 17.7. The van der Waals surface area contributed by atoms with Gasteiger partial charge in [-0.05, 0) is 30.4 Å². The number of rotatable bonds is 5. The van der Waals surface area contributed by atoms with Crippen molar-refractivity contribution in [3.63, 3.8) is 0 Å². The molecule has 6 heteroatoms. The highest BCUT2D eigenvalue weighted by atomic mass is 16.2. The van der Waals surface area contributed by atoms with E-state index in [9.17, 15) is 9.59 Å². The number of pyridine rings is 1. The normalized spacial score (nSPS) is 21.2. The summed E-state index contributed by atoms with van der Waals surface area (Å²) in [6.45, 7) is 6.52. The number of aromatic nitrogens is 1. The Hall–Kier alpha value is -2.11. The fourth-order valence-electron chi connectivity index (χ4n) is 3.84. The lowest BCUT2D eigenvalue weighted by Crippen LogP contribution is -2.45. The summed E-state index contributed by atoms with van der Waals surface area (Å²) in [5.41, 5.74) is 0.969. The van der Waals surface area contributed by atoms with Gasteiger partial charge in [-0.1, -0.05) is 26.3 Å². The molecule has 3 rings (SSSR count). The van der Waals surface area contributed by atoms with Crippen molar-refractivity contribution in [1.82, 2.24) is 20.5 Å². The van der Waals surface area contributed by atoms with Crippen molar-refractivity contribution in [2.45, 2.75) is 39.7 Å². The number of carbonyl (C=O) groups is 2. The van der Waals surface area contributed by atoms with Crippen LogP contribution in [0.2, 0.25) is 0 Å². The van der Waals surface area contributed by atoms with Crippen molar-refractivity contribution in [2.24, 2.45) is 17.3 Å². The van der Waals surface area contributed by atoms with Gasteiger partial charge in [0.1, 0.15) is 0 Å². The van der Waals surface area contributed by atoms with E-state index in [2.05, 4.69) is 29.5 Å². The summed E-state index contributed by atoms with van der Waals surface area (Å²) in [5, 5.41) is 6.01. The molecule has 2 heterocycles. The summed E-state index contributed by atoms with van der Waals surface area (Å²) in [6, 6.07) is 3.78. The van der Waals surface area contributed by atoms with Crippen molar-refractivity contribution < 1.29 is 9.59 Å². The summed E-state index contributed by atoms with van der Waals surface area (Å²) >= 11 is 0. The maximum absolute atomic E-state index is 12.8. The molecule has 1 aromatic heterocycles. The molecule has 1 aliphatic carbocycles. The molecule has 136 valence electrons. The van der Waals surface area contributed by atoms with Gasteiger partial charge in [0.25, 0.3) is 0 Å². The zero-order chi connectivity index (χ0) is 17.9. The number of amides is 3.